The second kappa shape index (κ2) is 5.08. The van der Waals surface area contributed by atoms with E-state index in [0.717, 1.165) is 0 Å². The van der Waals surface area contributed by atoms with Gasteiger partial charge >= 0.3 is 0 Å². The van der Waals surface area contributed by atoms with Gasteiger partial charge in [-0.2, -0.15) is 0 Å². The molecule has 0 saturated heterocycles. The second-order valence-electron chi connectivity index (χ2n) is 5.62. The summed E-state index contributed by atoms with van der Waals surface area (Å²) in [7, 11) is 0. The maximum atomic E-state index is 3.62. The van der Waals surface area contributed by atoms with Crippen molar-refractivity contribution in [3.63, 3.8) is 0 Å². The Morgan fingerprint density at radius 3 is 2.68 bits per heavy atom. The fraction of sp³-hybridized carbons (Fsp3) is 0.333. The van der Waals surface area contributed by atoms with E-state index in [1.54, 1.807) is 0 Å². The predicted molar refractivity (Wildman–Crippen MR) is 81.7 cm³/mol. The Labute approximate surface area is 115 Å². The molecule has 0 bridgehead atoms. The van der Waals surface area contributed by atoms with E-state index >= 15 is 0 Å². The Kier molecular flexibility index (Phi) is 3.29. The summed E-state index contributed by atoms with van der Waals surface area (Å²) in [6.07, 6.45) is 3.80. The van der Waals surface area contributed by atoms with Gasteiger partial charge in [-0.1, -0.05) is 35.9 Å². The summed E-state index contributed by atoms with van der Waals surface area (Å²) in [5.41, 5.74) is 6.98. The van der Waals surface area contributed by atoms with E-state index in [-0.39, 0.29) is 0 Å². The van der Waals surface area contributed by atoms with E-state index in [2.05, 4.69) is 61.6 Å². The number of rotatable bonds is 3. The molecule has 1 unspecified atom stereocenters. The molecule has 1 atom stereocenters. The van der Waals surface area contributed by atoms with Crippen LogP contribution in [0.3, 0.4) is 0 Å². The van der Waals surface area contributed by atoms with Crippen molar-refractivity contribution in [3.05, 3.63) is 64.7 Å². The number of aryl methyl sites for hydroxylation is 3. The molecule has 1 aliphatic carbocycles. The molecule has 0 aromatic heterocycles. The van der Waals surface area contributed by atoms with E-state index in [1.165, 1.54) is 47.2 Å². The van der Waals surface area contributed by atoms with Crippen molar-refractivity contribution in [2.24, 2.45) is 0 Å². The van der Waals surface area contributed by atoms with Gasteiger partial charge < -0.3 is 5.32 Å². The predicted octanol–water partition coefficient (Wildman–Crippen LogP) is 4.66. The van der Waals surface area contributed by atoms with Crippen molar-refractivity contribution in [2.45, 2.75) is 39.2 Å². The van der Waals surface area contributed by atoms with E-state index in [9.17, 15) is 0 Å². The van der Waals surface area contributed by atoms with Gasteiger partial charge in [-0.15, -0.1) is 0 Å². The van der Waals surface area contributed by atoms with Crippen LogP contribution >= 0.6 is 0 Å². The monoisotopic (exact) mass is 251 g/mol. The van der Waals surface area contributed by atoms with Crippen LogP contribution in [0.5, 0.6) is 0 Å². The van der Waals surface area contributed by atoms with Crippen molar-refractivity contribution in [2.75, 3.05) is 5.32 Å². The lowest BCUT2D eigenvalue weighted by molar-refractivity contribution is 0.882. The molecule has 0 spiro atoms. The van der Waals surface area contributed by atoms with Crippen LogP contribution in [0.2, 0.25) is 0 Å². The van der Waals surface area contributed by atoms with Crippen molar-refractivity contribution in [1.29, 1.82) is 0 Å². The van der Waals surface area contributed by atoms with Gasteiger partial charge in [0.2, 0.25) is 0 Å². The minimum Gasteiger partial charge on any atom is -0.379 e. The molecule has 1 heteroatoms. The van der Waals surface area contributed by atoms with Gasteiger partial charge in [0.1, 0.15) is 0 Å². The molecular formula is C18H21N. The Balaban J connectivity index is 1.77. The lowest BCUT2D eigenvalue weighted by atomic mass is 10.0. The first-order valence-electron chi connectivity index (χ1n) is 7.17. The molecule has 0 radical (unpaired) electrons. The zero-order valence-electron chi connectivity index (χ0n) is 11.7. The van der Waals surface area contributed by atoms with E-state index in [1.807, 2.05) is 0 Å². The zero-order valence-corrected chi connectivity index (χ0v) is 11.7. The Morgan fingerprint density at radius 2 is 1.84 bits per heavy atom. The molecule has 0 aliphatic heterocycles. The van der Waals surface area contributed by atoms with Crippen molar-refractivity contribution in [3.8, 4) is 0 Å². The first kappa shape index (κ1) is 12.3. The number of anilines is 1. The highest BCUT2D eigenvalue weighted by atomic mass is 14.9. The molecule has 98 valence electrons. The average molecular weight is 251 g/mol. The van der Waals surface area contributed by atoms with Crippen LogP contribution < -0.4 is 5.32 Å². The summed E-state index contributed by atoms with van der Waals surface area (Å²) >= 11 is 0. The summed E-state index contributed by atoms with van der Waals surface area (Å²) in [5, 5.41) is 3.62. The lowest BCUT2D eigenvalue weighted by Crippen LogP contribution is -2.07. The van der Waals surface area contributed by atoms with Crippen molar-refractivity contribution in [1.82, 2.24) is 0 Å². The molecule has 2 aromatic rings. The summed E-state index contributed by atoms with van der Waals surface area (Å²) in [6.45, 7) is 4.37. The average Bonchev–Trinajstić information content (AvgIpc) is 2.86. The topological polar surface area (TPSA) is 12.0 Å². The maximum absolute atomic E-state index is 3.62. The number of fused-ring (bicyclic) bond motifs is 1. The van der Waals surface area contributed by atoms with Crippen LogP contribution in [0.15, 0.2) is 42.5 Å². The normalized spacial score (nSPS) is 15.1. The molecule has 1 aliphatic rings. The Morgan fingerprint density at radius 1 is 1.00 bits per heavy atom. The van der Waals surface area contributed by atoms with Crippen LogP contribution in [0.25, 0.3) is 0 Å². The highest BCUT2D eigenvalue weighted by molar-refractivity contribution is 5.51. The quantitative estimate of drug-likeness (QED) is 0.836. The number of hydrogen-bond donors (Lipinski definition) is 1. The van der Waals surface area contributed by atoms with Gasteiger partial charge in [-0.25, -0.2) is 0 Å². The molecule has 2 aromatic carbocycles. The SMILES string of the molecule is Cc1cccc(C(C)Nc2ccc3c(c2)CCC3)c1. The van der Waals surface area contributed by atoms with Crippen molar-refractivity contribution < 1.29 is 0 Å². The van der Waals surface area contributed by atoms with Gasteiger partial charge in [-0.05, 0) is 61.9 Å². The number of benzene rings is 2. The van der Waals surface area contributed by atoms with Gasteiger partial charge in [0.15, 0.2) is 0 Å². The van der Waals surface area contributed by atoms with Gasteiger partial charge in [0.25, 0.3) is 0 Å². The highest BCUT2D eigenvalue weighted by Crippen LogP contribution is 2.27. The fourth-order valence-electron chi connectivity index (χ4n) is 2.93. The van der Waals surface area contributed by atoms with Gasteiger partial charge in [0, 0.05) is 11.7 Å². The summed E-state index contributed by atoms with van der Waals surface area (Å²) in [5.74, 6) is 0. The standard InChI is InChI=1S/C18H21N/c1-13-5-3-7-16(11-13)14(2)19-18-10-9-15-6-4-8-17(15)12-18/h3,5,7,9-12,14,19H,4,6,8H2,1-2H3. The highest BCUT2D eigenvalue weighted by Gasteiger charge is 2.12. The largest absolute Gasteiger partial charge is 0.379 e. The molecule has 1 N–H and O–H groups in total. The van der Waals surface area contributed by atoms with Crippen molar-refractivity contribution >= 4 is 5.69 Å². The molecule has 0 amide bonds. The van der Waals surface area contributed by atoms with Crippen LogP contribution in [0.1, 0.15) is 41.6 Å². The van der Waals surface area contributed by atoms with E-state index in [4.69, 9.17) is 0 Å². The van der Waals surface area contributed by atoms with E-state index < -0.39 is 0 Å². The lowest BCUT2D eigenvalue weighted by Gasteiger charge is -2.17. The fourth-order valence-corrected chi connectivity index (χ4v) is 2.93. The molecule has 0 heterocycles. The smallest absolute Gasteiger partial charge is 0.0485 e. The summed E-state index contributed by atoms with van der Waals surface area (Å²) in [4.78, 5) is 0. The first-order valence-corrected chi connectivity index (χ1v) is 7.17. The third-order valence-corrected chi connectivity index (χ3v) is 4.02. The molecule has 3 rings (SSSR count). The minimum atomic E-state index is 0.347. The molecule has 19 heavy (non-hydrogen) atoms. The third-order valence-electron chi connectivity index (χ3n) is 4.02. The number of hydrogen-bond acceptors (Lipinski definition) is 1. The van der Waals surface area contributed by atoms with Crippen LogP contribution in [0.4, 0.5) is 5.69 Å². The molecule has 1 nitrogen and oxygen atoms in total. The minimum absolute atomic E-state index is 0.347. The van der Waals surface area contributed by atoms with Gasteiger partial charge in [0.05, 0.1) is 0 Å². The van der Waals surface area contributed by atoms with E-state index in [0.29, 0.717) is 6.04 Å². The molecule has 0 fully saturated rings. The molecule has 0 saturated carbocycles. The summed E-state index contributed by atoms with van der Waals surface area (Å²) in [6, 6.07) is 15.9. The molecular weight excluding hydrogens is 230 g/mol. The summed E-state index contributed by atoms with van der Waals surface area (Å²) < 4.78 is 0. The van der Waals surface area contributed by atoms with Crippen LogP contribution in [0, 0.1) is 6.92 Å². The Bertz CT molecular complexity index is 586. The first-order chi connectivity index (χ1) is 9.22. The Hall–Kier alpha value is -1.76. The number of nitrogens with one attached hydrogen (secondary N) is 1. The second-order valence-corrected chi connectivity index (χ2v) is 5.62. The maximum Gasteiger partial charge on any atom is 0.0485 e. The van der Waals surface area contributed by atoms with Crippen LogP contribution in [-0.2, 0) is 12.8 Å². The van der Waals surface area contributed by atoms with Crippen LogP contribution in [-0.4, -0.2) is 0 Å². The third kappa shape index (κ3) is 2.65. The van der Waals surface area contributed by atoms with Gasteiger partial charge in [-0.3, -0.25) is 0 Å². The zero-order chi connectivity index (χ0) is 13.2.